The molecule has 0 amide bonds. The first-order valence-electron chi connectivity index (χ1n) is 5.09. The Bertz CT molecular complexity index is 386. The third kappa shape index (κ3) is 4.04. The van der Waals surface area contributed by atoms with Gasteiger partial charge in [0.15, 0.2) is 0 Å². The second kappa shape index (κ2) is 4.69. The van der Waals surface area contributed by atoms with Crippen LogP contribution in [0.2, 0.25) is 0 Å². The monoisotopic (exact) mass is 243 g/mol. The summed E-state index contributed by atoms with van der Waals surface area (Å²) in [4.78, 5) is 0. The van der Waals surface area contributed by atoms with Gasteiger partial charge in [0.05, 0.1) is 5.92 Å². The Morgan fingerprint density at radius 3 is 2.18 bits per heavy atom. The van der Waals surface area contributed by atoms with Crippen LogP contribution in [-0.4, -0.2) is 37.5 Å². The molecule has 1 rings (SSSR count). The highest BCUT2D eigenvalue weighted by Gasteiger charge is 2.39. The largest absolute Gasteiger partial charge is 0.353 e. The molecule has 6 N–H and O–H groups in total. The molecular formula is C11H17NO5. The first-order valence-corrected chi connectivity index (χ1v) is 5.09. The van der Waals surface area contributed by atoms with E-state index >= 15 is 0 Å². The molecule has 6 nitrogen and oxygen atoms in total. The maximum absolute atomic E-state index is 9.63. The minimum Gasteiger partial charge on any atom is -0.353 e. The molecule has 0 saturated carbocycles. The third-order valence-electron chi connectivity index (χ3n) is 2.50. The Labute approximate surface area is 98.8 Å². The minimum absolute atomic E-state index is 0.576. The number of hydrogen-bond acceptors (Lipinski definition) is 6. The fourth-order valence-corrected chi connectivity index (χ4v) is 1.53. The van der Waals surface area contributed by atoms with Gasteiger partial charge < -0.3 is 25.5 Å². The minimum atomic E-state index is -3.36. The van der Waals surface area contributed by atoms with Crippen LogP contribution in [0.5, 0.6) is 0 Å². The lowest BCUT2D eigenvalue weighted by atomic mass is 9.96. The number of aliphatic hydroxyl groups is 5. The summed E-state index contributed by atoms with van der Waals surface area (Å²) in [5.74, 6) is -3.54. The van der Waals surface area contributed by atoms with Crippen molar-refractivity contribution >= 4 is 0 Å². The number of benzene rings is 1. The average Bonchev–Trinajstić information content (AvgIpc) is 2.12. The number of rotatable bonds is 4. The smallest absolute Gasteiger partial charge is 0.347 e. The van der Waals surface area contributed by atoms with Crippen LogP contribution in [0.4, 0.5) is 0 Å². The van der Waals surface area contributed by atoms with Crippen LogP contribution in [-0.2, 0) is 0 Å². The summed E-state index contributed by atoms with van der Waals surface area (Å²) < 4.78 is 0. The van der Waals surface area contributed by atoms with Crippen LogP contribution >= 0.6 is 0 Å². The lowest BCUT2D eigenvalue weighted by Crippen LogP contribution is -2.60. The lowest BCUT2D eigenvalue weighted by molar-refractivity contribution is -0.381. The van der Waals surface area contributed by atoms with Crippen LogP contribution in [0.25, 0.3) is 0 Å². The van der Waals surface area contributed by atoms with Gasteiger partial charge in [-0.3, -0.25) is 0 Å². The predicted octanol–water partition coefficient (Wildman–Crippen LogP) is -1.09. The third-order valence-corrected chi connectivity index (χ3v) is 2.50. The number of aryl methyl sites for hydroxylation is 1. The molecule has 0 bridgehead atoms. The quantitative estimate of drug-likeness (QED) is 0.375. The summed E-state index contributed by atoms with van der Waals surface area (Å²) in [7, 11) is 0. The normalized spacial score (nSPS) is 14.8. The molecule has 1 aromatic carbocycles. The number of hydrogen-bond donors (Lipinski definition) is 6. The van der Waals surface area contributed by atoms with Gasteiger partial charge in [-0.15, -0.1) is 0 Å². The van der Waals surface area contributed by atoms with E-state index in [0.29, 0.717) is 5.56 Å². The first-order chi connectivity index (χ1) is 7.62. The molecule has 0 aliphatic heterocycles. The lowest BCUT2D eigenvalue weighted by Gasteiger charge is -2.33. The van der Waals surface area contributed by atoms with Crippen LogP contribution < -0.4 is 5.32 Å². The van der Waals surface area contributed by atoms with Gasteiger partial charge in [-0.05, 0) is 12.5 Å². The molecule has 6 heteroatoms. The van der Waals surface area contributed by atoms with Crippen molar-refractivity contribution in [3.63, 3.8) is 0 Å². The molecule has 1 aromatic rings. The molecule has 0 spiro atoms. The van der Waals surface area contributed by atoms with Crippen molar-refractivity contribution in [2.75, 3.05) is 0 Å². The highest BCUT2D eigenvalue weighted by molar-refractivity contribution is 5.26. The van der Waals surface area contributed by atoms with Crippen molar-refractivity contribution in [3.8, 4) is 0 Å². The molecule has 0 saturated heterocycles. The van der Waals surface area contributed by atoms with E-state index in [4.69, 9.17) is 15.3 Å². The molecule has 1 unspecified atom stereocenters. The Morgan fingerprint density at radius 1 is 1.12 bits per heavy atom. The maximum Gasteiger partial charge on any atom is 0.347 e. The summed E-state index contributed by atoms with van der Waals surface area (Å²) in [5, 5.41) is 46.8. The molecule has 0 radical (unpaired) electrons. The standard InChI is InChI=1S/C11H17NO5/c1-7-4-3-5-9(6-7)8(2)10(13,14)12-11(15,16)17/h3-6,8,12-17H,1-2H3. The van der Waals surface area contributed by atoms with Gasteiger partial charge in [0.25, 0.3) is 0 Å². The van der Waals surface area contributed by atoms with Gasteiger partial charge in [-0.2, -0.15) is 5.32 Å². The second-order valence-corrected chi connectivity index (χ2v) is 4.12. The number of nitrogens with one attached hydrogen (secondary N) is 1. The molecule has 0 fully saturated rings. The predicted molar refractivity (Wildman–Crippen MR) is 59.3 cm³/mol. The van der Waals surface area contributed by atoms with Crippen molar-refractivity contribution in [2.24, 2.45) is 0 Å². The Kier molecular flexibility index (Phi) is 3.88. The molecule has 0 aliphatic carbocycles. The van der Waals surface area contributed by atoms with Gasteiger partial charge in [-0.25, -0.2) is 0 Å². The zero-order chi connectivity index (χ0) is 13.3. The van der Waals surface area contributed by atoms with Crippen molar-refractivity contribution in [3.05, 3.63) is 35.4 Å². The summed E-state index contributed by atoms with van der Waals surface area (Å²) in [6, 6.07) is 6.96. The fourth-order valence-electron chi connectivity index (χ4n) is 1.53. The molecule has 96 valence electrons. The van der Waals surface area contributed by atoms with E-state index in [0.717, 1.165) is 5.56 Å². The van der Waals surface area contributed by atoms with E-state index < -0.39 is 17.9 Å². The summed E-state index contributed by atoms with van der Waals surface area (Å²) in [5.41, 5.74) is 1.50. The van der Waals surface area contributed by atoms with E-state index in [9.17, 15) is 10.2 Å². The van der Waals surface area contributed by atoms with Gasteiger partial charge in [0.2, 0.25) is 5.91 Å². The van der Waals surface area contributed by atoms with E-state index in [2.05, 4.69) is 0 Å². The Balaban J connectivity index is 2.92. The molecule has 1 atom stereocenters. The Morgan fingerprint density at radius 2 is 1.71 bits per heavy atom. The van der Waals surface area contributed by atoms with Crippen molar-refractivity contribution in [1.82, 2.24) is 5.32 Å². The Hall–Kier alpha value is -1.02. The van der Waals surface area contributed by atoms with Crippen LogP contribution in [0.3, 0.4) is 0 Å². The van der Waals surface area contributed by atoms with Crippen LogP contribution in [0.15, 0.2) is 24.3 Å². The fraction of sp³-hybridized carbons (Fsp3) is 0.455. The van der Waals surface area contributed by atoms with E-state index in [1.807, 2.05) is 13.0 Å². The molecule has 0 aromatic heterocycles. The van der Waals surface area contributed by atoms with Crippen molar-refractivity contribution in [1.29, 1.82) is 0 Å². The average molecular weight is 243 g/mol. The molecular weight excluding hydrogens is 226 g/mol. The van der Waals surface area contributed by atoms with Crippen LogP contribution in [0.1, 0.15) is 24.0 Å². The van der Waals surface area contributed by atoms with Crippen molar-refractivity contribution < 1.29 is 25.5 Å². The summed E-state index contributed by atoms with van der Waals surface area (Å²) in [6.45, 7) is 3.31. The maximum atomic E-state index is 9.63. The van der Waals surface area contributed by atoms with Crippen LogP contribution in [0, 0.1) is 6.92 Å². The second-order valence-electron chi connectivity index (χ2n) is 4.12. The molecule has 0 aliphatic rings. The van der Waals surface area contributed by atoms with E-state index in [1.54, 1.807) is 18.2 Å². The first kappa shape index (κ1) is 14.0. The summed E-state index contributed by atoms with van der Waals surface area (Å²) >= 11 is 0. The van der Waals surface area contributed by atoms with E-state index in [-0.39, 0.29) is 0 Å². The van der Waals surface area contributed by atoms with Gasteiger partial charge >= 0.3 is 6.10 Å². The zero-order valence-corrected chi connectivity index (χ0v) is 9.62. The van der Waals surface area contributed by atoms with Gasteiger partial charge in [0.1, 0.15) is 0 Å². The molecule has 17 heavy (non-hydrogen) atoms. The highest BCUT2D eigenvalue weighted by atomic mass is 16.7. The van der Waals surface area contributed by atoms with E-state index in [1.165, 1.54) is 12.2 Å². The SMILES string of the molecule is Cc1cccc(C(C)C(O)(O)NC(O)(O)O)c1. The summed E-state index contributed by atoms with van der Waals surface area (Å²) in [6.07, 6.45) is -3.36. The zero-order valence-electron chi connectivity index (χ0n) is 9.62. The van der Waals surface area contributed by atoms with Crippen molar-refractivity contribution in [2.45, 2.75) is 31.8 Å². The highest BCUT2D eigenvalue weighted by Crippen LogP contribution is 2.25. The molecule has 0 heterocycles. The topological polar surface area (TPSA) is 113 Å². The van der Waals surface area contributed by atoms with Gasteiger partial charge in [-0.1, -0.05) is 36.8 Å². The van der Waals surface area contributed by atoms with Gasteiger partial charge in [0, 0.05) is 0 Å².